The maximum atomic E-state index is 12.3. The van der Waals surface area contributed by atoms with E-state index in [0.29, 0.717) is 16.3 Å². The van der Waals surface area contributed by atoms with Crippen molar-refractivity contribution in [3.05, 3.63) is 70.0 Å². The summed E-state index contributed by atoms with van der Waals surface area (Å²) in [5.41, 5.74) is 3.08. The van der Waals surface area contributed by atoms with E-state index in [0.717, 1.165) is 11.3 Å². The van der Waals surface area contributed by atoms with Gasteiger partial charge in [-0.05, 0) is 47.8 Å². The van der Waals surface area contributed by atoms with Gasteiger partial charge in [0.2, 0.25) is 0 Å². The van der Waals surface area contributed by atoms with Gasteiger partial charge in [0, 0.05) is 33.4 Å². The number of nitrogens with zero attached hydrogens (tertiary/aromatic N) is 1. The second kappa shape index (κ2) is 6.08. The molecule has 2 aromatic heterocycles. The third kappa shape index (κ3) is 3.29. The molecule has 0 saturated heterocycles. The van der Waals surface area contributed by atoms with Gasteiger partial charge < -0.3 is 5.32 Å². The van der Waals surface area contributed by atoms with Gasteiger partial charge in [-0.1, -0.05) is 11.6 Å². The Kier molecular flexibility index (Phi) is 3.99. The number of benzene rings is 1. The summed E-state index contributed by atoms with van der Waals surface area (Å²) in [6.45, 7) is 0. The minimum atomic E-state index is -0.170. The Labute approximate surface area is 131 Å². The first-order valence-electron chi connectivity index (χ1n) is 6.28. The molecule has 21 heavy (non-hydrogen) atoms. The summed E-state index contributed by atoms with van der Waals surface area (Å²) >= 11 is 7.42. The summed E-state index contributed by atoms with van der Waals surface area (Å²) in [5, 5.41) is 7.46. The third-order valence-corrected chi connectivity index (χ3v) is 3.88. The van der Waals surface area contributed by atoms with Gasteiger partial charge in [-0.2, -0.15) is 11.3 Å². The number of amides is 1. The number of rotatable bonds is 3. The van der Waals surface area contributed by atoms with Gasteiger partial charge in [0.25, 0.3) is 5.91 Å². The number of thiophene rings is 1. The summed E-state index contributed by atoms with van der Waals surface area (Å²) in [4.78, 5) is 16.5. The zero-order chi connectivity index (χ0) is 14.7. The van der Waals surface area contributed by atoms with Crippen molar-refractivity contribution in [2.24, 2.45) is 0 Å². The summed E-state index contributed by atoms with van der Waals surface area (Å²) in [5.74, 6) is -0.170. The molecule has 0 saturated carbocycles. The fourth-order valence-corrected chi connectivity index (χ4v) is 2.65. The maximum Gasteiger partial charge on any atom is 0.255 e. The molecule has 3 aromatic rings. The highest BCUT2D eigenvalue weighted by Crippen LogP contribution is 2.21. The van der Waals surface area contributed by atoms with E-state index in [1.807, 2.05) is 16.8 Å². The van der Waals surface area contributed by atoms with Crippen LogP contribution in [0.2, 0.25) is 5.02 Å². The molecule has 1 aromatic carbocycles. The van der Waals surface area contributed by atoms with E-state index in [4.69, 9.17) is 11.6 Å². The molecule has 0 spiro atoms. The van der Waals surface area contributed by atoms with Crippen LogP contribution in [0.15, 0.2) is 59.4 Å². The van der Waals surface area contributed by atoms with Gasteiger partial charge in [0.15, 0.2) is 0 Å². The van der Waals surface area contributed by atoms with Crippen molar-refractivity contribution in [2.45, 2.75) is 0 Å². The van der Waals surface area contributed by atoms with E-state index in [1.54, 1.807) is 53.9 Å². The van der Waals surface area contributed by atoms with Gasteiger partial charge >= 0.3 is 0 Å². The van der Waals surface area contributed by atoms with Crippen molar-refractivity contribution in [1.29, 1.82) is 0 Å². The lowest BCUT2D eigenvalue weighted by atomic mass is 10.1. The number of anilines is 1. The van der Waals surface area contributed by atoms with Crippen molar-refractivity contribution >= 4 is 34.5 Å². The molecule has 3 rings (SSSR count). The number of carbonyl (C=O) groups excluding carboxylic acids is 1. The van der Waals surface area contributed by atoms with E-state index in [-0.39, 0.29) is 5.91 Å². The Morgan fingerprint density at radius 1 is 1.14 bits per heavy atom. The van der Waals surface area contributed by atoms with Crippen LogP contribution in [0.4, 0.5) is 5.69 Å². The summed E-state index contributed by atoms with van der Waals surface area (Å²) < 4.78 is 0. The number of aromatic nitrogens is 1. The molecule has 1 amide bonds. The van der Waals surface area contributed by atoms with Crippen molar-refractivity contribution in [1.82, 2.24) is 4.98 Å². The molecule has 5 heteroatoms. The van der Waals surface area contributed by atoms with E-state index in [1.165, 1.54) is 0 Å². The number of nitrogens with one attached hydrogen (secondary N) is 1. The predicted octanol–water partition coefficient (Wildman–Crippen LogP) is 4.72. The Morgan fingerprint density at radius 2 is 1.95 bits per heavy atom. The molecule has 1 N–H and O–H groups in total. The Bertz CT molecular complexity index is 754. The van der Waals surface area contributed by atoms with Gasteiger partial charge in [0.05, 0.1) is 5.69 Å². The number of hydrogen-bond donors (Lipinski definition) is 1. The van der Waals surface area contributed by atoms with E-state index in [2.05, 4.69) is 10.3 Å². The largest absolute Gasteiger partial charge is 0.322 e. The molecule has 0 bridgehead atoms. The summed E-state index contributed by atoms with van der Waals surface area (Å²) in [6, 6.07) is 12.5. The smallest absolute Gasteiger partial charge is 0.255 e. The van der Waals surface area contributed by atoms with Crippen LogP contribution in [-0.2, 0) is 0 Å². The van der Waals surface area contributed by atoms with Crippen LogP contribution < -0.4 is 5.32 Å². The maximum absolute atomic E-state index is 12.3. The van der Waals surface area contributed by atoms with E-state index in [9.17, 15) is 4.79 Å². The second-order valence-corrected chi connectivity index (χ2v) is 5.62. The van der Waals surface area contributed by atoms with Crippen molar-refractivity contribution in [3.8, 4) is 11.3 Å². The first-order valence-corrected chi connectivity index (χ1v) is 7.60. The molecule has 0 aliphatic rings. The standard InChI is InChI=1S/C16H11ClN2OS/c17-13-1-3-14(4-2-13)19-16(20)11-5-7-18-15(9-11)12-6-8-21-10-12/h1-10H,(H,19,20). The zero-order valence-corrected chi connectivity index (χ0v) is 12.5. The van der Waals surface area contributed by atoms with Gasteiger partial charge in [0.1, 0.15) is 0 Å². The van der Waals surface area contributed by atoms with Crippen LogP contribution in [0.25, 0.3) is 11.3 Å². The fraction of sp³-hybridized carbons (Fsp3) is 0. The molecule has 3 nitrogen and oxygen atoms in total. The second-order valence-electron chi connectivity index (χ2n) is 4.40. The van der Waals surface area contributed by atoms with Gasteiger partial charge in [-0.15, -0.1) is 0 Å². The van der Waals surface area contributed by atoms with Crippen molar-refractivity contribution in [3.63, 3.8) is 0 Å². The molecule has 104 valence electrons. The van der Waals surface area contributed by atoms with Gasteiger partial charge in [-0.25, -0.2) is 0 Å². The highest BCUT2D eigenvalue weighted by molar-refractivity contribution is 7.08. The quantitative estimate of drug-likeness (QED) is 0.760. The lowest BCUT2D eigenvalue weighted by Crippen LogP contribution is -2.12. The normalized spacial score (nSPS) is 10.3. The monoisotopic (exact) mass is 314 g/mol. The van der Waals surface area contributed by atoms with Crippen LogP contribution in [0.3, 0.4) is 0 Å². The Hall–Kier alpha value is -2.17. The molecule has 0 unspecified atom stereocenters. The first kappa shape index (κ1) is 13.8. The molecule has 2 heterocycles. The topological polar surface area (TPSA) is 42.0 Å². The molecule has 0 atom stereocenters. The minimum absolute atomic E-state index is 0.170. The number of pyridine rings is 1. The predicted molar refractivity (Wildman–Crippen MR) is 87.0 cm³/mol. The summed E-state index contributed by atoms with van der Waals surface area (Å²) in [7, 11) is 0. The summed E-state index contributed by atoms with van der Waals surface area (Å²) in [6.07, 6.45) is 1.64. The highest BCUT2D eigenvalue weighted by atomic mass is 35.5. The number of halogens is 1. The molecular weight excluding hydrogens is 304 g/mol. The highest BCUT2D eigenvalue weighted by Gasteiger charge is 2.08. The van der Waals surface area contributed by atoms with Crippen LogP contribution >= 0.6 is 22.9 Å². The lowest BCUT2D eigenvalue weighted by Gasteiger charge is -2.06. The van der Waals surface area contributed by atoms with E-state index < -0.39 is 0 Å². The molecule has 0 aliphatic carbocycles. The van der Waals surface area contributed by atoms with Crippen LogP contribution in [-0.4, -0.2) is 10.9 Å². The average Bonchev–Trinajstić information content (AvgIpc) is 3.04. The molecular formula is C16H11ClN2OS. The average molecular weight is 315 g/mol. The fourth-order valence-electron chi connectivity index (χ4n) is 1.88. The van der Waals surface area contributed by atoms with Crippen molar-refractivity contribution < 1.29 is 4.79 Å². The lowest BCUT2D eigenvalue weighted by molar-refractivity contribution is 0.102. The SMILES string of the molecule is O=C(Nc1ccc(Cl)cc1)c1ccnc(-c2ccsc2)c1. The molecule has 0 fully saturated rings. The van der Waals surface area contributed by atoms with Crippen molar-refractivity contribution in [2.75, 3.05) is 5.32 Å². The Balaban J connectivity index is 1.81. The first-order chi connectivity index (χ1) is 10.2. The Morgan fingerprint density at radius 3 is 2.67 bits per heavy atom. The van der Waals surface area contributed by atoms with E-state index >= 15 is 0 Å². The zero-order valence-electron chi connectivity index (χ0n) is 10.9. The number of carbonyl (C=O) groups is 1. The minimum Gasteiger partial charge on any atom is -0.322 e. The number of hydrogen-bond acceptors (Lipinski definition) is 3. The van der Waals surface area contributed by atoms with Crippen LogP contribution in [0.1, 0.15) is 10.4 Å². The molecule has 0 aliphatic heterocycles. The third-order valence-electron chi connectivity index (χ3n) is 2.94. The van der Waals surface area contributed by atoms with Gasteiger partial charge in [-0.3, -0.25) is 9.78 Å². The molecule has 0 radical (unpaired) electrons. The van der Waals surface area contributed by atoms with Crippen LogP contribution in [0.5, 0.6) is 0 Å². The van der Waals surface area contributed by atoms with Crippen LogP contribution in [0, 0.1) is 0 Å².